The molecule has 3 nitrogen and oxygen atoms in total. The molecular weight excluding hydrogens is 186 g/mol. The van der Waals surface area contributed by atoms with Crippen LogP contribution in [0.4, 0.5) is 0 Å². The Hall–Kier alpha value is -1.38. The fourth-order valence-electron chi connectivity index (χ4n) is 0.769. The first-order chi connectivity index (χ1) is 7.29. The predicted molar refractivity (Wildman–Crippen MR) is 66.1 cm³/mol. The topological polar surface area (TPSA) is 30.7 Å². The van der Waals surface area contributed by atoms with Gasteiger partial charge in [-0.05, 0) is 12.5 Å². The maximum absolute atomic E-state index is 3.94. The van der Waals surface area contributed by atoms with Gasteiger partial charge in [0.15, 0.2) is 0 Å². The molecule has 0 saturated heterocycles. The third-order valence-electron chi connectivity index (χ3n) is 1.21. The lowest BCUT2D eigenvalue weighted by Crippen LogP contribution is -1.84. The number of hydrogen-bond acceptors (Lipinski definition) is 2. The fourth-order valence-corrected chi connectivity index (χ4v) is 0.769. The molecule has 0 radical (unpaired) electrons. The molecule has 0 aliphatic carbocycles. The normalized spacial score (nSPS) is 7.33. The van der Waals surface area contributed by atoms with Crippen molar-refractivity contribution in [1.82, 2.24) is 14.5 Å². The Morgan fingerprint density at radius 2 is 1.67 bits per heavy atom. The van der Waals surface area contributed by atoms with Crippen molar-refractivity contribution in [2.24, 2.45) is 7.05 Å². The van der Waals surface area contributed by atoms with Crippen LogP contribution in [0.2, 0.25) is 0 Å². The maximum Gasteiger partial charge on any atom is 0.115 e. The molecule has 0 N–H and O–H groups in total. The lowest BCUT2D eigenvalue weighted by Gasteiger charge is -1.90. The minimum Gasteiger partial charge on any atom is -0.355 e. The zero-order valence-electron chi connectivity index (χ0n) is 10.7. The highest BCUT2D eigenvalue weighted by Crippen LogP contribution is 1.86. The number of aryl methyl sites for hydroxylation is 2. The summed E-state index contributed by atoms with van der Waals surface area (Å²) in [6.07, 6.45) is 8.84. The summed E-state index contributed by atoms with van der Waals surface area (Å²) >= 11 is 0. The maximum atomic E-state index is 3.94. The monoisotopic (exact) mass is 209 g/mol. The smallest absolute Gasteiger partial charge is 0.115 e. The van der Waals surface area contributed by atoms with Crippen molar-refractivity contribution in [1.29, 1.82) is 0 Å². The van der Waals surface area contributed by atoms with E-state index in [2.05, 4.69) is 9.97 Å². The predicted octanol–water partition coefficient (Wildman–Crippen LogP) is 3.30. The van der Waals surface area contributed by atoms with Gasteiger partial charge in [-0.2, -0.15) is 0 Å². The second-order valence-electron chi connectivity index (χ2n) is 2.38. The van der Waals surface area contributed by atoms with E-state index >= 15 is 0 Å². The molecule has 3 heteroatoms. The molecule has 0 aromatic carbocycles. The van der Waals surface area contributed by atoms with Gasteiger partial charge in [0, 0.05) is 31.8 Å². The van der Waals surface area contributed by atoms with Crippen molar-refractivity contribution in [2.45, 2.75) is 34.6 Å². The fraction of sp³-hybridized carbons (Fsp3) is 0.500. The summed E-state index contributed by atoms with van der Waals surface area (Å²) in [5.74, 6) is 0. The Bertz CT molecular complexity index is 251. The average Bonchev–Trinajstić information content (AvgIpc) is 2.36. The third kappa shape index (κ3) is 10.5. The standard InChI is InChI=1S/C8H11N3.2C2H6/c1-8-5-10-7-9-3-4-11(2)6-8;2*1-2/h3-7H,1-2H3;2*1-2H3. The van der Waals surface area contributed by atoms with Gasteiger partial charge in [-0.1, -0.05) is 27.7 Å². The number of nitrogens with zero attached hydrogens (tertiary/aromatic N) is 3. The second kappa shape index (κ2) is 12.6. The van der Waals surface area contributed by atoms with Gasteiger partial charge >= 0.3 is 0 Å². The van der Waals surface area contributed by atoms with Crippen molar-refractivity contribution in [2.75, 3.05) is 0 Å². The summed E-state index contributed by atoms with van der Waals surface area (Å²) in [4.78, 5) is 7.84. The molecule has 0 spiro atoms. The first-order valence-corrected chi connectivity index (χ1v) is 5.41. The minimum absolute atomic E-state index is 1.10. The van der Waals surface area contributed by atoms with Gasteiger partial charge in [-0.15, -0.1) is 0 Å². The van der Waals surface area contributed by atoms with Crippen LogP contribution < -0.4 is 0 Å². The van der Waals surface area contributed by atoms with Gasteiger partial charge in [-0.25, -0.2) is 9.97 Å². The molecule has 0 aliphatic heterocycles. The van der Waals surface area contributed by atoms with Crippen molar-refractivity contribution in [3.63, 3.8) is 0 Å². The zero-order chi connectivity index (χ0) is 12.1. The molecule has 0 atom stereocenters. The van der Waals surface area contributed by atoms with Crippen LogP contribution in [-0.2, 0) is 7.05 Å². The second-order valence-corrected chi connectivity index (χ2v) is 2.38. The van der Waals surface area contributed by atoms with Crippen molar-refractivity contribution in [3.05, 3.63) is 36.7 Å². The van der Waals surface area contributed by atoms with E-state index in [1.165, 1.54) is 6.33 Å². The largest absolute Gasteiger partial charge is 0.355 e. The third-order valence-corrected chi connectivity index (χ3v) is 1.21. The van der Waals surface area contributed by atoms with Crippen LogP contribution in [0.1, 0.15) is 33.3 Å². The number of hydrogen-bond donors (Lipinski definition) is 0. The quantitative estimate of drug-likeness (QED) is 0.656. The van der Waals surface area contributed by atoms with Crippen LogP contribution in [-0.4, -0.2) is 14.5 Å². The van der Waals surface area contributed by atoms with Gasteiger partial charge in [0.2, 0.25) is 0 Å². The first kappa shape index (κ1) is 16.1. The minimum atomic E-state index is 1.10. The molecule has 1 aromatic heterocycles. The van der Waals surface area contributed by atoms with E-state index in [1.54, 1.807) is 12.4 Å². The molecule has 1 rings (SSSR count). The van der Waals surface area contributed by atoms with Crippen LogP contribution >= 0.6 is 0 Å². The van der Waals surface area contributed by atoms with E-state index in [0.29, 0.717) is 0 Å². The lowest BCUT2D eigenvalue weighted by atomic mass is 10.4. The molecular formula is C12H23N3. The van der Waals surface area contributed by atoms with E-state index in [1.807, 2.05) is 58.6 Å². The summed E-state index contributed by atoms with van der Waals surface area (Å²) in [5.41, 5.74) is 1.10. The van der Waals surface area contributed by atoms with Crippen molar-refractivity contribution in [3.8, 4) is 0 Å². The van der Waals surface area contributed by atoms with Gasteiger partial charge < -0.3 is 4.57 Å². The Morgan fingerprint density at radius 3 is 2.27 bits per heavy atom. The van der Waals surface area contributed by atoms with E-state index in [4.69, 9.17) is 0 Å². The number of aromatic nitrogens is 3. The van der Waals surface area contributed by atoms with E-state index in [9.17, 15) is 0 Å². The highest BCUT2D eigenvalue weighted by atomic mass is 14.9. The molecule has 15 heavy (non-hydrogen) atoms. The number of rotatable bonds is 0. The highest BCUT2D eigenvalue weighted by Gasteiger charge is 1.76. The zero-order valence-corrected chi connectivity index (χ0v) is 10.7. The van der Waals surface area contributed by atoms with Crippen molar-refractivity contribution >= 4 is 0 Å². The summed E-state index contributed by atoms with van der Waals surface area (Å²) < 4.78 is 1.93. The van der Waals surface area contributed by atoms with Crippen LogP contribution in [0.15, 0.2) is 31.1 Å². The van der Waals surface area contributed by atoms with E-state index < -0.39 is 0 Å². The summed E-state index contributed by atoms with van der Waals surface area (Å²) in [7, 11) is 1.95. The Labute approximate surface area is 93.5 Å². The molecule has 1 heterocycles. The molecule has 0 saturated carbocycles. The summed E-state index contributed by atoms with van der Waals surface area (Å²) in [6.45, 7) is 9.99. The van der Waals surface area contributed by atoms with Crippen molar-refractivity contribution < 1.29 is 0 Å². The van der Waals surface area contributed by atoms with E-state index in [-0.39, 0.29) is 0 Å². The van der Waals surface area contributed by atoms with Crippen LogP contribution in [0, 0.1) is 6.92 Å². The molecule has 86 valence electrons. The molecule has 1 aromatic rings. The van der Waals surface area contributed by atoms with Crippen LogP contribution in [0.25, 0.3) is 0 Å². The molecule has 0 aliphatic rings. The lowest BCUT2D eigenvalue weighted by molar-refractivity contribution is 0.899. The summed E-state index contributed by atoms with van der Waals surface area (Å²) in [5, 5.41) is 0. The Kier molecular flexibility index (Phi) is 13.5. The first-order valence-electron chi connectivity index (χ1n) is 5.41. The van der Waals surface area contributed by atoms with Crippen LogP contribution in [0.5, 0.6) is 0 Å². The van der Waals surface area contributed by atoms with Crippen LogP contribution in [0.3, 0.4) is 0 Å². The van der Waals surface area contributed by atoms with Gasteiger partial charge in [0.05, 0.1) is 0 Å². The van der Waals surface area contributed by atoms with E-state index in [0.717, 1.165) is 5.56 Å². The van der Waals surface area contributed by atoms with Gasteiger partial charge in [0.1, 0.15) is 6.33 Å². The Morgan fingerprint density at radius 1 is 1.07 bits per heavy atom. The molecule has 0 amide bonds. The molecule has 0 unspecified atom stereocenters. The SMILES string of the molecule is CC.CC.Cc1cncnccn(C)c1. The molecule has 0 bridgehead atoms. The summed E-state index contributed by atoms with van der Waals surface area (Å²) in [6, 6.07) is 0. The highest BCUT2D eigenvalue weighted by molar-refractivity contribution is 4.97. The van der Waals surface area contributed by atoms with Gasteiger partial charge in [0.25, 0.3) is 0 Å². The Balaban J connectivity index is 0. The van der Waals surface area contributed by atoms with Gasteiger partial charge in [-0.3, -0.25) is 0 Å². The average molecular weight is 209 g/mol. The molecule has 0 fully saturated rings.